The highest BCUT2D eigenvalue weighted by molar-refractivity contribution is 5.70. The molecule has 2 aromatic carbocycles. The van der Waals surface area contributed by atoms with Crippen molar-refractivity contribution >= 4 is 0 Å². The van der Waals surface area contributed by atoms with Crippen LogP contribution in [0.4, 0.5) is 0 Å². The molecule has 1 heterocycles. The van der Waals surface area contributed by atoms with Crippen LogP contribution in [0.5, 0.6) is 0 Å². The van der Waals surface area contributed by atoms with E-state index in [0.29, 0.717) is 0 Å². The van der Waals surface area contributed by atoms with Crippen LogP contribution in [-0.2, 0) is 6.54 Å². The van der Waals surface area contributed by atoms with Crippen LogP contribution in [0.1, 0.15) is 6.42 Å². The van der Waals surface area contributed by atoms with Gasteiger partial charge in [0.1, 0.15) is 0 Å². The quantitative estimate of drug-likeness (QED) is 0.738. The molecular weight excluding hydrogens is 308 g/mol. The van der Waals surface area contributed by atoms with Gasteiger partial charge >= 0.3 is 0 Å². The molecule has 1 aromatic heterocycles. The van der Waals surface area contributed by atoms with Crippen molar-refractivity contribution in [2.24, 2.45) is 0 Å². The lowest BCUT2D eigenvalue weighted by Crippen LogP contribution is -3.05. The molecule has 0 fully saturated rings. The van der Waals surface area contributed by atoms with Gasteiger partial charge in [0.2, 0.25) is 0 Å². The zero-order valence-electron chi connectivity index (χ0n) is 14.9. The van der Waals surface area contributed by atoms with E-state index in [1.807, 2.05) is 53.1 Å². The predicted octanol–water partition coefficient (Wildman–Crippen LogP) is 2.72. The molecule has 0 spiro atoms. The van der Waals surface area contributed by atoms with Gasteiger partial charge < -0.3 is 9.47 Å². The summed E-state index contributed by atoms with van der Waals surface area (Å²) in [5.74, 6) is 0. The van der Waals surface area contributed by atoms with Gasteiger partial charge in [0.25, 0.3) is 5.56 Å². The highest BCUT2D eigenvalue weighted by Gasteiger charge is 2.10. The van der Waals surface area contributed by atoms with Crippen molar-refractivity contribution < 1.29 is 4.90 Å². The number of pyridine rings is 1. The molecule has 0 aliphatic rings. The Balaban J connectivity index is 2.06. The molecule has 0 saturated heterocycles. The zero-order valence-corrected chi connectivity index (χ0v) is 14.9. The number of nitrogens with one attached hydrogen (secondary N) is 1. The van der Waals surface area contributed by atoms with Gasteiger partial charge in [-0.1, -0.05) is 60.7 Å². The van der Waals surface area contributed by atoms with E-state index in [1.54, 1.807) is 6.07 Å². The second kappa shape index (κ2) is 7.95. The van der Waals surface area contributed by atoms with E-state index >= 15 is 0 Å². The molecule has 0 aliphatic heterocycles. The fourth-order valence-electron chi connectivity index (χ4n) is 3.06. The lowest BCUT2D eigenvalue weighted by atomic mass is 10.0. The van der Waals surface area contributed by atoms with Gasteiger partial charge in [-0.05, 0) is 22.8 Å². The average molecular weight is 333 g/mol. The van der Waals surface area contributed by atoms with Crippen LogP contribution in [-0.4, -0.2) is 25.2 Å². The molecular formula is C22H25N2O+. The largest absolute Gasteiger partial charge is 0.340 e. The molecule has 3 heteroatoms. The van der Waals surface area contributed by atoms with Crippen LogP contribution in [0.3, 0.4) is 0 Å². The second-order valence-electron chi connectivity index (χ2n) is 6.66. The van der Waals surface area contributed by atoms with Crippen LogP contribution < -0.4 is 10.5 Å². The standard InChI is InChI=1S/C22H24N2O/c1-23(2)14-9-15-24-21(19-12-7-4-8-13-19)16-20(17-22(24)25)18-10-5-3-6-11-18/h3-8,10-13,16-17H,9,14-15H2,1-2H3/p+1. The summed E-state index contributed by atoms with van der Waals surface area (Å²) in [5.41, 5.74) is 4.17. The number of quaternary nitrogens is 1. The highest BCUT2D eigenvalue weighted by atomic mass is 16.1. The van der Waals surface area contributed by atoms with Crippen molar-refractivity contribution in [3.8, 4) is 22.4 Å². The Hall–Kier alpha value is -2.65. The Morgan fingerprint density at radius 1 is 0.800 bits per heavy atom. The minimum Gasteiger partial charge on any atom is -0.340 e. The summed E-state index contributed by atoms with van der Waals surface area (Å²) < 4.78 is 1.91. The summed E-state index contributed by atoms with van der Waals surface area (Å²) in [5, 5.41) is 0. The number of aromatic nitrogens is 1. The molecule has 0 bridgehead atoms. The van der Waals surface area contributed by atoms with Gasteiger partial charge in [-0.2, -0.15) is 0 Å². The average Bonchev–Trinajstić information content (AvgIpc) is 2.64. The fourth-order valence-corrected chi connectivity index (χ4v) is 3.06. The summed E-state index contributed by atoms with van der Waals surface area (Å²) in [6.45, 7) is 1.78. The normalized spacial score (nSPS) is 11.0. The summed E-state index contributed by atoms with van der Waals surface area (Å²) in [4.78, 5) is 14.2. The smallest absolute Gasteiger partial charge is 0.251 e. The topological polar surface area (TPSA) is 26.4 Å². The van der Waals surface area contributed by atoms with E-state index in [-0.39, 0.29) is 5.56 Å². The molecule has 25 heavy (non-hydrogen) atoms. The molecule has 1 N–H and O–H groups in total. The van der Waals surface area contributed by atoms with Gasteiger partial charge in [0.05, 0.1) is 26.3 Å². The molecule has 0 radical (unpaired) electrons. The maximum absolute atomic E-state index is 12.8. The lowest BCUT2D eigenvalue weighted by molar-refractivity contribution is -0.858. The Bertz CT molecular complexity index is 868. The van der Waals surface area contributed by atoms with Crippen molar-refractivity contribution in [1.82, 2.24) is 4.57 Å². The SMILES string of the molecule is C[NH+](C)CCCn1c(-c2ccccc2)cc(-c2ccccc2)cc1=O. The van der Waals surface area contributed by atoms with Gasteiger partial charge in [0.15, 0.2) is 0 Å². The van der Waals surface area contributed by atoms with Crippen molar-refractivity contribution in [2.45, 2.75) is 13.0 Å². The van der Waals surface area contributed by atoms with Crippen molar-refractivity contribution in [1.29, 1.82) is 0 Å². The maximum Gasteiger partial charge on any atom is 0.251 e. The molecule has 3 rings (SSSR count). The van der Waals surface area contributed by atoms with Crippen molar-refractivity contribution in [3.05, 3.63) is 83.2 Å². The monoisotopic (exact) mass is 333 g/mol. The van der Waals surface area contributed by atoms with Crippen LogP contribution in [0.2, 0.25) is 0 Å². The Labute approximate surface area is 149 Å². The fraction of sp³-hybridized carbons (Fsp3) is 0.227. The van der Waals surface area contributed by atoms with Crippen LogP contribution in [0.15, 0.2) is 77.6 Å². The molecule has 3 nitrogen and oxygen atoms in total. The summed E-state index contributed by atoms with van der Waals surface area (Å²) in [6, 6.07) is 24.1. The first-order valence-corrected chi connectivity index (χ1v) is 8.80. The molecule has 3 aromatic rings. The van der Waals surface area contributed by atoms with Gasteiger partial charge in [-0.15, -0.1) is 0 Å². The van der Waals surface area contributed by atoms with E-state index in [4.69, 9.17) is 0 Å². The Morgan fingerprint density at radius 3 is 2.00 bits per heavy atom. The summed E-state index contributed by atoms with van der Waals surface area (Å²) >= 11 is 0. The van der Waals surface area contributed by atoms with Crippen LogP contribution >= 0.6 is 0 Å². The Morgan fingerprint density at radius 2 is 1.40 bits per heavy atom. The molecule has 0 amide bonds. The molecule has 128 valence electrons. The molecule has 0 aliphatic carbocycles. The number of nitrogens with zero attached hydrogens (tertiary/aromatic N) is 1. The number of benzene rings is 2. The summed E-state index contributed by atoms with van der Waals surface area (Å²) in [7, 11) is 4.28. The molecule has 0 atom stereocenters. The first-order chi connectivity index (χ1) is 12.1. The van der Waals surface area contributed by atoms with E-state index in [9.17, 15) is 4.79 Å². The third kappa shape index (κ3) is 4.25. The van der Waals surface area contributed by atoms with Gasteiger partial charge in [0, 0.05) is 19.0 Å². The minimum atomic E-state index is 0.0639. The highest BCUT2D eigenvalue weighted by Crippen LogP contribution is 2.24. The number of hydrogen-bond acceptors (Lipinski definition) is 1. The second-order valence-corrected chi connectivity index (χ2v) is 6.66. The first-order valence-electron chi connectivity index (χ1n) is 8.80. The van der Waals surface area contributed by atoms with E-state index in [0.717, 1.165) is 41.9 Å². The van der Waals surface area contributed by atoms with Gasteiger partial charge in [-0.25, -0.2) is 0 Å². The van der Waals surface area contributed by atoms with Crippen molar-refractivity contribution in [3.63, 3.8) is 0 Å². The molecule has 0 saturated carbocycles. The van der Waals surface area contributed by atoms with Crippen LogP contribution in [0, 0.1) is 0 Å². The molecule has 0 unspecified atom stereocenters. The zero-order chi connectivity index (χ0) is 17.6. The number of rotatable bonds is 6. The van der Waals surface area contributed by atoms with Crippen molar-refractivity contribution in [2.75, 3.05) is 20.6 Å². The van der Waals surface area contributed by atoms with E-state index in [2.05, 4.69) is 32.3 Å². The Kier molecular flexibility index (Phi) is 5.46. The lowest BCUT2D eigenvalue weighted by Gasteiger charge is -2.16. The van der Waals surface area contributed by atoms with E-state index in [1.165, 1.54) is 4.90 Å². The summed E-state index contributed by atoms with van der Waals surface area (Å²) in [6.07, 6.45) is 0.979. The number of hydrogen-bond donors (Lipinski definition) is 1. The van der Waals surface area contributed by atoms with Gasteiger partial charge in [-0.3, -0.25) is 4.79 Å². The first kappa shape index (κ1) is 17.2. The minimum absolute atomic E-state index is 0.0639. The van der Waals surface area contributed by atoms with E-state index < -0.39 is 0 Å². The third-order valence-corrected chi connectivity index (χ3v) is 4.36. The predicted molar refractivity (Wildman–Crippen MR) is 104 cm³/mol. The third-order valence-electron chi connectivity index (χ3n) is 4.36. The maximum atomic E-state index is 12.8. The van der Waals surface area contributed by atoms with Crippen LogP contribution in [0.25, 0.3) is 22.4 Å².